The van der Waals surface area contributed by atoms with Crippen LogP contribution in [0.1, 0.15) is 29.5 Å². The standard InChI is InChI=1S/C16H22N4O3/c1-12(21)20-5-2-13(11-20)10-14-15(18-4-3-17-14)16(22)19-6-8-23-9-7-19/h3-4,13H,2,5-11H2,1H3/t13-/m0/s1. The summed E-state index contributed by atoms with van der Waals surface area (Å²) >= 11 is 0. The van der Waals surface area contributed by atoms with Crippen LogP contribution in [0.3, 0.4) is 0 Å². The molecule has 1 aromatic rings. The molecule has 7 nitrogen and oxygen atoms in total. The summed E-state index contributed by atoms with van der Waals surface area (Å²) in [5.74, 6) is 0.376. The molecule has 2 aliphatic heterocycles. The largest absolute Gasteiger partial charge is 0.378 e. The highest BCUT2D eigenvalue weighted by molar-refractivity contribution is 5.93. The Balaban J connectivity index is 1.70. The quantitative estimate of drug-likeness (QED) is 0.804. The van der Waals surface area contributed by atoms with Crippen LogP contribution in [0.25, 0.3) is 0 Å². The van der Waals surface area contributed by atoms with Crippen molar-refractivity contribution in [3.63, 3.8) is 0 Å². The van der Waals surface area contributed by atoms with E-state index in [0.29, 0.717) is 44.3 Å². The first-order chi connectivity index (χ1) is 11.1. The van der Waals surface area contributed by atoms with E-state index in [0.717, 1.165) is 25.2 Å². The zero-order chi connectivity index (χ0) is 16.2. The summed E-state index contributed by atoms with van der Waals surface area (Å²) in [5.41, 5.74) is 1.18. The van der Waals surface area contributed by atoms with E-state index in [1.807, 2.05) is 4.90 Å². The van der Waals surface area contributed by atoms with Gasteiger partial charge >= 0.3 is 0 Å². The third-order valence-electron chi connectivity index (χ3n) is 4.49. The first-order valence-electron chi connectivity index (χ1n) is 8.07. The molecule has 1 aromatic heterocycles. The molecule has 0 aromatic carbocycles. The Bertz CT molecular complexity index is 586. The Morgan fingerprint density at radius 1 is 1.17 bits per heavy atom. The summed E-state index contributed by atoms with van der Waals surface area (Å²) in [4.78, 5) is 36.4. The molecule has 0 N–H and O–H groups in total. The van der Waals surface area contributed by atoms with E-state index >= 15 is 0 Å². The first kappa shape index (κ1) is 15.9. The summed E-state index contributed by atoms with van der Waals surface area (Å²) in [6.45, 7) is 5.43. The first-order valence-corrected chi connectivity index (χ1v) is 8.07. The Morgan fingerprint density at radius 3 is 2.61 bits per heavy atom. The van der Waals surface area contributed by atoms with Gasteiger partial charge in [-0.05, 0) is 18.8 Å². The smallest absolute Gasteiger partial charge is 0.274 e. The maximum absolute atomic E-state index is 12.7. The number of morpholine rings is 1. The number of likely N-dealkylation sites (tertiary alicyclic amines) is 1. The summed E-state index contributed by atoms with van der Waals surface area (Å²) < 4.78 is 5.29. The molecule has 7 heteroatoms. The van der Waals surface area contributed by atoms with Crippen molar-refractivity contribution in [1.29, 1.82) is 0 Å². The van der Waals surface area contributed by atoms with Gasteiger partial charge in [-0.3, -0.25) is 14.6 Å². The molecule has 0 spiro atoms. The molecule has 2 fully saturated rings. The molecule has 0 aliphatic carbocycles. The van der Waals surface area contributed by atoms with E-state index in [4.69, 9.17) is 4.74 Å². The fourth-order valence-corrected chi connectivity index (χ4v) is 3.17. The van der Waals surface area contributed by atoms with E-state index in [1.165, 1.54) is 0 Å². The van der Waals surface area contributed by atoms with Gasteiger partial charge < -0.3 is 14.5 Å². The SMILES string of the molecule is CC(=O)N1CC[C@@H](Cc2nccnc2C(=O)N2CCOCC2)C1. The topological polar surface area (TPSA) is 75.6 Å². The molecule has 1 atom stereocenters. The van der Waals surface area contributed by atoms with Crippen molar-refractivity contribution in [3.8, 4) is 0 Å². The van der Waals surface area contributed by atoms with E-state index in [1.54, 1.807) is 24.2 Å². The summed E-state index contributed by atoms with van der Waals surface area (Å²) in [6, 6.07) is 0. The fourth-order valence-electron chi connectivity index (χ4n) is 3.17. The molecule has 3 heterocycles. The van der Waals surface area contributed by atoms with Crippen LogP contribution in [0.5, 0.6) is 0 Å². The lowest BCUT2D eigenvalue weighted by molar-refractivity contribution is -0.127. The van der Waals surface area contributed by atoms with Crippen molar-refractivity contribution in [2.45, 2.75) is 19.8 Å². The molecule has 2 amide bonds. The highest BCUT2D eigenvalue weighted by Gasteiger charge is 2.28. The zero-order valence-electron chi connectivity index (χ0n) is 13.4. The molecular weight excluding hydrogens is 296 g/mol. The van der Waals surface area contributed by atoms with Crippen molar-refractivity contribution >= 4 is 11.8 Å². The van der Waals surface area contributed by atoms with Crippen LogP contribution in [0.4, 0.5) is 0 Å². The van der Waals surface area contributed by atoms with Gasteiger partial charge in [0, 0.05) is 45.5 Å². The van der Waals surface area contributed by atoms with Crippen LogP contribution >= 0.6 is 0 Å². The monoisotopic (exact) mass is 318 g/mol. The number of rotatable bonds is 3. The number of amides is 2. The second-order valence-corrected chi connectivity index (χ2v) is 6.08. The van der Waals surface area contributed by atoms with Crippen molar-refractivity contribution < 1.29 is 14.3 Å². The van der Waals surface area contributed by atoms with Crippen LogP contribution in [-0.2, 0) is 16.0 Å². The summed E-state index contributed by atoms with van der Waals surface area (Å²) in [5, 5.41) is 0. The minimum Gasteiger partial charge on any atom is -0.378 e. The number of aromatic nitrogens is 2. The maximum atomic E-state index is 12.7. The molecule has 3 rings (SSSR count). The Hall–Kier alpha value is -2.02. The minimum atomic E-state index is -0.0715. The van der Waals surface area contributed by atoms with Gasteiger partial charge in [0.1, 0.15) is 5.69 Å². The molecule has 0 saturated carbocycles. The molecule has 0 bridgehead atoms. The Labute approximate surface area is 135 Å². The average Bonchev–Trinajstić information content (AvgIpc) is 3.04. The lowest BCUT2D eigenvalue weighted by Crippen LogP contribution is -2.41. The summed E-state index contributed by atoms with van der Waals surface area (Å²) in [7, 11) is 0. The van der Waals surface area contributed by atoms with E-state index < -0.39 is 0 Å². The van der Waals surface area contributed by atoms with Crippen LogP contribution in [0.15, 0.2) is 12.4 Å². The van der Waals surface area contributed by atoms with Gasteiger partial charge in [0.2, 0.25) is 5.91 Å². The lowest BCUT2D eigenvalue weighted by atomic mass is 10.0. The number of carbonyl (C=O) groups is 2. The fraction of sp³-hybridized carbons (Fsp3) is 0.625. The predicted octanol–water partition coefficient (Wildman–Crippen LogP) is 0.360. The third kappa shape index (κ3) is 3.67. The van der Waals surface area contributed by atoms with Gasteiger partial charge in [-0.15, -0.1) is 0 Å². The zero-order valence-corrected chi connectivity index (χ0v) is 13.4. The maximum Gasteiger partial charge on any atom is 0.274 e. The molecular formula is C16H22N4O3. The van der Waals surface area contributed by atoms with Crippen molar-refractivity contribution in [3.05, 3.63) is 23.8 Å². The van der Waals surface area contributed by atoms with Gasteiger partial charge in [0.25, 0.3) is 5.91 Å². The molecule has 124 valence electrons. The van der Waals surface area contributed by atoms with Crippen LogP contribution in [-0.4, -0.2) is 71.0 Å². The Morgan fingerprint density at radius 2 is 1.91 bits per heavy atom. The van der Waals surface area contributed by atoms with Crippen molar-refractivity contribution in [2.24, 2.45) is 5.92 Å². The van der Waals surface area contributed by atoms with E-state index in [-0.39, 0.29) is 11.8 Å². The number of hydrogen-bond donors (Lipinski definition) is 0. The average molecular weight is 318 g/mol. The van der Waals surface area contributed by atoms with Crippen molar-refractivity contribution in [2.75, 3.05) is 39.4 Å². The molecule has 23 heavy (non-hydrogen) atoms. The number of ether oxygens (including phenoxy) is 1. The van der Waals surface area contributed by atoms with Gasteiger partial charge in [0.15, 0.2) is 0 Å². The van der Waals surface area contributed by atoms with Crippen LogP contribution < -0.4 is 0 Å². The number of hydrogen-bond acceptors (Lipinski definition) is 5. The summed E-state index contributed by atoms with van der Waals surface area (Å²) in [6.07, 6.45) is 4.82. The number of carbonyl (C=O) groups excluding carboxylic acids is 2. The Kier molecular flexibility index (Phi) is 4.85. The molecule has 0 radical (unpaired) electrons. The molecule has 0 unspecified atom stereocenters. The van der Waals surface area contributed by atoms with Gasteiger partial charge in [0.05, 0.1) is 18.9 Å². The normalized spacial score (nSPS) is 21.5. The molecule has 2 saturated heterocycles. The number of nitrogens with zero attached hydrogens (tertiary/aromatic N) is 4. The second kappa shape index (κ2) is 7.04. The van der Waals surface area contributed by atoms with Crippen LogP contribution in [0, 0.1) is 5.92 Å². The minimum absolute atomic E-state index is 0.0715. The van der Waals surface area contributed by atoms with Crippen molar-refractivity contribution in [1.82, 2.24) is 19.8 Å². The highest BCUT2D eigenvalue weighted by atomic mass is 16.5. The van der Waals surface area contributed by atoms with E-state index in [9.17, 15) is 9.59 Å². The lowest BCUT2D eigenvalue weighted by Gasteiger charge is -2.27. The van der Waals surface area contributed by atoms with Gasteiger partial charge in [-0.2, -0.15) is 0 Å². The third-order valence-corrected chi connectivity index (χ3v) is 4.49. The van der Waals surface area contributed by atoms with Gasteiger partial charge in [-0.25, -0.2) is 4.98 Å². The second-order valence-electron chi connectivity index (χ2n) is 6.08. The van der Waals surface area contributed by atoms with Crippen LogP contribution in [0.2, 0.25) is 0 Å². The predicted molar refractivity (Wildman–Crippen MR) is 82.8 cm³/mol. The highest BCUT2D eigenvalue weighted by Crippen LogP contribution is 2.21. The van der Waals surface area contributed by atoms with E-state index in [2.05, 4.69) is 9.97 Å². The molecule has 2 aliphatic rings. The van der Waals surface area contributed by atoms with Gasteiger partial charge in [-0.1, -0.05) is 0 Å².